The van der Waals surface area contributed by atoms with Crippen LogP contribution in [0.3, 0.4) is 0 Å². The molecule has 0 bridgehead atoms. The van der Waals surface area contributed by atoms with Gasteiger partial charge in [-0.05, 0) is 12.1 Å². The Morgan fingerprint density at radius 3 is 2.18 bits per heavy atom. The third-order valence-corrected chi connectivity index (χ3v) is 4.40. The van der Waals surface area contributed by atoms with Crippen LogP contribution in [0, 0.1) is 34.0 Å². The molecule has 1 aromatic rings. The second kappa shape index (κ2) is 6.59. The number of allylic oxidation sites excluding steroid dienone is 2. The van der Waals surface area contributed by atoms with Gasteiger partial charge in [-0.2, -0.15) is 15.8 Å². The molecule has 0 amide bonds. The van der Waals surface area contributed by atoms with Crippen molar-refractivity contribution in [1.82, 2.24) is 4.31 Å². The van der Waals surface area contributed by atoms with Crippen LogP contribution in [0.25, 0.3) is 0 Å². The quantitative estimate of drug-likeness (QED) is 0.620. The van der Waals surface area contributed by atoms with Crippen molar-refractivity contribution in [1.29, 1.82) is 15.8 Å². The third kappa shape index (κ3) is 3.33. The van der Waals surface area contributed by atoms with Crippen molar-refractivity contribution >= 4 is 15.7 Å². The highest BCUT2D eigenvalue weighted by molar-refractivity contribution is 7.89. The van der Waals surface area contributed by atoms with Crippen LogP contribution in [-0.4, -0.2) is 31.9 Å². The molecule has 2 N–H and O–H groups in total. The molecule has 0 aliphatic rings. The Morgan fingerprint density at radius 1 is 1.18 bits per heavy atom. The maximum Gasteiger partial charge on any atom is 0.242 e. The Balaban J connectivity index is 3.29. The number of phenolic OH excluding ortho intramolecular Hbond substituents is 1. The van der Waals surface area contributed by atoms with Crippen LogP contribution in [0.15, 0.2) is 34.4 Å². The van der Waals surface area contributed by atoms with Crippen LogP contribution in [0.4, 0.5) is 5.69 Å². The molecule has 0 aliphatic heterocycles. The van der Waals surface area contributed by atoms with E-state index >= 15 is 0 Å². The fraction of sp³-hybridized carbons (Fsp3) is 0.154. The van der Waals surface area contributed by atoms with Crippen LogP contribution in [0.2, 0.25) is 0 Å². The molecule has 1 aromatic carbocycles. The molecule has 112 valence electrons. The lowest BCUT2D eigenvalue weighted by molar-refractivity contribution is 0.474. The van der Waals surface area contributed by atoms with Crippen LogP contribution >= 0.6 is 0 Å². The zero-order chi connectivity index (χ0) is 16.9. The lowest BCUT2D eigenvalue weighted by Crippen LogP contribution is -2.22. The van der Waals surface area contributed by atoms with Crippen molar-refractivity contribution < 1.29 is 13.5 Å². The molecule has 0 spiro atoms. The molecule has 0 fully saturated rings. The highest BCUT2D eigenvalue weighted by Gasteiger charge is 2.19. The lowest BCUT2D eigenvalue weighted by atomic mass is 10.2. The van der Waals surface area contributed by atoms with Crippen molar-refractivity contribution in [3.05, 3.63) is 29.5 Å². The summed E-state index contributed by atoms with van der Waals surface area (Å²) in [4.78, 5) is -0.135. The van der Waals surface area contributed by atoms with Crippen molar-refractivity contribution in [2.75, 3.05) is 19.4 Å². The van der Waals surface area contributed by atoms with E-state index in [4.69, 9.17) is 15.8 Å². The Hall–Kier alpha value is -3.06. The molecule has 0 saturated heterocycles. The normalized spacial score (nSPS) is 10.2. The Morgan fingerprint density at radius 2 is 1.77 bits per heavy atom. The van der Waals surface area contributed by atoms with Gasteiger partial charge in [0.2, 0.25) is 10.0 Å². The molecule has 8 nitrogen and oxygen atoms in total. The van der Waals surface area contributed by atoms with Gasteiger partial charge in [0.15, 0.2) is 5.57 Å². The second-order valence-electron chi connectivity index (χ2n) is 4.18. The number of nitrogens with one attached hydrogen (secondary N) is 1. The van der Waals surface area contributed by atoms with E-state index in [2.05, 4.69) is 5.32 Å². The van der Waals surface area contributed by atoms with Gasteiger partial charge < -0.3 is 10.4 Å². The highest BCUT2D eigenvalue weighted by atomic mass is 32.2. The Labute approximate surface area is 127 Å². The van der Waals surface area contributed by atoms with E-state index in [-0.39, 0.29) is 16.3 Å². The fourth-order valence-electron chi connectivity index (χ4n) is 1.41. The average molecular weight is 317 g/mol. The van der Waals surface area contributed by atoms with Gasteiger partial charge in [-0.25, -0.2) is 12.7 Å². The van der Waals surface area contributed by atoms with Crippen LogP contribution in [-0.2, 0) is 10.0 Å². The molecule has 22 heavy (non-hydrogen) atoms. The van der Waals surface area contributed by atoms with E-state index < -0.39 is 21.3 Å². The van der Waals surface area contributed by atoms with Crippen LogP contribution in [0.1, 0.15) is 0 Å². The van der Waals surface area contributed by atoms with Gasteiger partial charge >= 0.3 is 0 Å². The van der Waals surface area contributed by atoms with Gasteiger partial charge in [-0.1, -0.05) is 0 Å². The molecule has 0 aliphatic carbocycles. The predicted octanol–water partition coefficient (Wildman–Crippen LogP) is 0.879. The van der Waals surface area contributed by atoms with Gasteiger partial charge in [0.25, 0.3) is 0 Å². The summed E-state index contributed by atoms with van der Waals surface area (Å²) < 4.78 is 24.8. The summed E-state index contributed by atoms with van der Waals surface area (Å²) in [6.45, 7) is 0. The molecule has 0 atom stereocenters. The molecule has 0 saturated carbocycles. The van der Waals surface area contributed by atoms with Gasteiger partial charge in [-0.15, -0.1) is 0 Å². The highest BCUT2D eigenvalue weighted by Crippen LogP contribution is 2.28. The first-order valence-corrected chi connectivity index (χ1v) is 7.19. The number of rotatable bonds is 4. The van der Waals surface area contributed by atoms with E-state index in [0.29, 0.717) is 0 Å². The van der Waals surface area contributed by atoms with E-state index in [0.717, 1.165) is 10.4 Å². The van der Waals surface area contributed by atoms with Crippen molar-refractivity contribution in [3.8, 4) is 24.0 Å². The Bertz CT molecular complexity index is 835. The first-order chi connectivity index (χ1) is 10.3. The van der Waals surface area contributed by atoms with Gasteiger partial charge in [0, 0.05) is 20.2 Å². The molecule has 0 aromatic heterocycles. The van der Waals surface area contributed by atoms with E-state index in [1.807, 2.05) is 0 Å². The van der Waals surface area contributed by atoms with Crippen molar-refractivity contribution in [2.45, 2.75) is 4.90 Å². The minimum Gasteiger partial charge on any atom is -0.506 e. The van der Waals surface area contributed by atoms with Crippen molar-refractivity contribution in [2.24, 2.45) is 0 Å². The summed E-state index contributed by atoms with van der Waals surface area (Å²) in [6.07, 6.45) is 0. The molecule has 1 rings (SSSR count). The number of nitrogens with zero attached hydrogens (tertiary/aromatic N) is 4. The second-order valence-corrected chi connectivity index (χ2v) is 6.33. The maximum absolute atomic E-state index is 11.9. The minimum absolute atomic E-state index is 0.00254. The molecule has 0 radical (unpaired) electrons. The summed E-state index contributed by atoms with van der Waals surface area (Å²) in [7, 11) is -1.02. The number of hydrogen-bond acceptors (Lipinski definition) is 7. The molecule has 9 heteroatoms. The van der Waals surface area contributed by atoms with Gasteiger partial charge in [0.1, 0.15) is 29.7 Å². The van der Waals surface area contributed by atoms with E-state index in [9.17, 15) is 13.5 Å². The monoisotopic (exact) mass is 317 g/mol. The zero-order valence-corrected chi connectivity index (χ0v) is 12.5. The number of phenols is 1. The lowest BCUT2D eigenvalue weighted by Gasteiger charge is -2.13. The number of aromatic hydroxyl groups is 1. The van der Waals surface area contributed by atoms with Gasteiger partial charge in [0.05, 0.1) is 10.6 Å². The summed E-state index contributed by atoms with van der Waals surface area (Å²) >= 11 is 0. The number of nitriles is 3. The van der Waals surface area contributed by atoms with Gasteiger partial charge in [-0.3, -0.25) is 0 Å². The molecule has 0 heterocycles. The maximum atomic E-state index is 11.9. The van der Waals surface area contributed by atoms with E-state index in [1.54, 1.807) is 18.2 Å². The van der Waals surface area contributed by atoms with Crippen LogP contribution < -0.4 is 5.32 Å². The zero-order valence-electron chi connectivity index (χ0n) is 11.7. The summed E-state index contributed by atoms with van der Waals surface area (Å²) in [5.41, 5.74) is -0.798. The number of benzene rings is 1. The van der Waals surface area contributed by atoms with Crippen LogP contribution in [0.5, 0.6) is 5.75 Å². The van der Waals surface area contributed by atoms with Crippen molar-refractivity contribution in [3.63, 3.8) is 0 Å². The summed E-state index contributed by atoms with van der Waals surface area (Å²) in [6, 6.07) is 8.18. The SMILES string of the molecule is CN(C)S(=O)(=O)c1ccc(NC(C#N)=C(C#N)C#N)c(O)c1. The molecular formula is C13H11N5O3S. The first-order valence-electron chi connectivity index (χ1n) is 5.75. The standard InChI is InChI=1S/C13H11N5O3S/c1-18(2)22(20,21)10-3-4-11(13(19)5-10)17-12(8-16)9(6-14)7-15/h3-5,17,19H,1-2H3. The topological polar surface area (TPSA) is 141 Å². The van der Waals surface area contributed by atoms with E-state index in [1.165, 1.54) is 26.2 Å². The third-order valence-electron chi connectivity index (χ3n) is 2.59. The molecule has 0 unspecified atom stereocenters. The minimum atomic E-state index is -3.71. The summed E-state index contributed by atoms with van der Waals surface area (Å²) in [5.74, 6) is -0.439. The first kappa shape index (κ1) is 17.0. The molecular weight excluding hydrogens is 306 g/mol. The predicted molar refractivity (Wildman–Crippen MR) is 76.5 cm³/mol. The Kier molecular flexibility index (Phi) is 5.09. The summed E-state index contributed by atoms with van der Waals surface area (Å²) in [5, 5.41) is 38.6. The average Bonchev–Trinajstić information content (AvgIpc) is 2.48. The largest absolute Gasteiger partial charge is 0.506 e. The fourth-order valence-corrected chi connectivity index (χ4v) is 2.33. The number of sulfonamides is 1. The smallest absolute Gasteiger partial charge is 0.242 e. The number of hydrogen-bond donors (Lipinski definition) is 2. The number of anilines is 1.